The van der Waals surface area contributed by atoms with Gasteiger partial charge < -0.3 is 15.3 Å². The molecule has 1 saturated heterocycles. The van der Waals surface area contributed by atoms with Crippen LogP contribution in [0.15, 0.2) is 30.3 Å². The zero-order valence-corrected chi connectivity index (χ0v) is 19.1. The lowest BCUT2D eigenvalue weighted by Gasteiger charge is -2.43. The Bertz CT molecular complexity index is 818. The van der Waals surface area contributed by atoms with Crippen LogP contribution in [0.1, 0.15) is 31.2 Å². The number of aliphatic carboxylic acids is 3. The van der Waals surface area contributed by atoms with Crippen molar-refractivity contribution in [1.29, 1.82) is 0 Å². The number of halogens is 6. The van der Waals surface area contributed by atoms with E-state index in [1.165, 1.54) is 12.0 Å². The van der Waals surface area contributed by atoms with E-state index in [0.717, 1.165) is 52.0 Å². The predicted molar refractivity (Wildman–Crippen MR) is 114 cm³/mol. The SMILES string of the molecule is O=C(O)C(F)(F)F.O=C(O)C(F)(F)F.O=C(O)[C@@H]1CCCC[C@H]1N1CCN(Cc2ccccc2)CC1. The van der Waals surface area contributed by atoms with E-state index < -0.39 is 30.3 Å². The number of carboxylic acid groups (broad SMARTS) is 3. The molecule has 8 nitrogen and oxygen atoms in total. The van der Waals surface area contributed by atoms with Crippen LogP contribution in [0, 0.1) is 5.92 Å². The number of rotatable bonds is 4. The van der Waals surface area contributed by atoms with Gasteiger partial charge in [-0.1, -0.05) is 43.2 Å². The van der Waals surface area contributed by atoms with E-state index in [1.807, 2.05) is 0 Å². The fourth-order valence-corrected chi connectivity index (χ4v) is 3.93. The monoisotopic (exact) mass is 530 g/mol. The molecule has 3 N–H and O–H groups in total. The van der Waals surface area contributed by atoms with Crippen LogP contribution < -0.4 is 0 Å². The standard InChI is InChI=1S/C18H26N2O2.2C2HF3O2/c21-18(22)16-8-4-5-9-17(16)20-12-10-19(11-13-20)14-15-6-2-1-3-7-15;2*3-2(4,5)1(6)7/h1-3,6-7,16-17H,4-5,8-14H2,(H,21,22);2*(H,6,7)/t16-,17-;;/m1../s1. The summed E-state index contributed by atoms with van der Waals surface area (Å²) in [5.74, 6) is -6.27. The largest absolute Gasteiger partial charge is 0.490 e. The highest BCUT2D eigenvalue weighted by Crippen LogP contribution is 2.29. The van der Waals surface area contributed by atoms with Crippen molar-refractivity contribution in [2.75, 3.05) is 26.2 Å². The normalized spacial score (nSPS) is 21.3. The fraction of sp³-hybridized carbons (Fsp3) is 0.591. The Balaban J connectivity index is 0.000000383. The van der Waals surface area contributed by atoms with E-state index in [1.54, 1.807) is 0 Å². The van der Waals surface area contributed by atoms with E-state index in [9.17, 15) is 36.2 Å². The number of nitrogens with zero attached hydrogens (tertiary/aromatic N) is 2. The molecule has 0 radical (unpaired) electrons. The minimum Gasteiger partial charge on any atom is -0.481 e. The molecule has 2 aliphatic rings. The molecule has 1 aromatic rings. The molecular weight excluding hydrogens is 502 g/mol. The van der Waals surface area contributed by atoms with Crippen molar-refractivity contribution in [3.8, 4) is 0 Å². The smallest absolute Gasteiger partial charge is 0.481 e. The number of carboxylic acids is 3. The maximum absolute atomic E-state index is 11.5. The molecule has 204 valence electrons. The van der Waals surface area contributed by atoms with Crippen LogP contribution in [-0.4, -0.2) is 87.6 Å². The van der Waals surface area contributed by atoms with Crippen LogP contribution >= 0.6 is 0 Å². The summed E-state index contributed by atoms with van der Waals surface area (Å²) in [6.07, 6.45) is -6.01. The molecule has 14 heteroatoms. The van der Waals surface area contributed by atoms with Crippen LogP contribution in [0.5, 0.6) is 0 Å². The van der Waals surface area contributed by atoms with Crippen molar-refractivity contribution >= 4 is 17.9 Å². The molecule has 36 heavy (non-hydrogen) atoms. The Morgan fingerprint density at radius 1 is 0.778 bits per heavy atom. The number of hydrogen-bond donors (Lipinski definition) is 3. The molecule has 0 unspecified atom stereocenters. The van der Waals surface area contributed by atoms with Gasteiger partial charge in [-0.2, -0.15) is 26.3 Å². The van der Waals surface area contributed by atoms with Gasteiger partial charge in [0.25, 0.3) is 0 Å². The highest BCUT2D eigenvalue weighted by Gasteiger charge is 2.39. The first-order chi connectivity index (χ1) is 16.6. The zero-order chi connectivity index (χ0) is 27.5. The maximum atomic E-state index is 11.5. The predicted octanol–water partition coefficient (Wildman–Crippen LogP) is 3.71. The second-order valence-corrected chi connectivity index (χ2v) is 8.20. The molecule has 0 spiro atoms. The second-order valence-electron chi connectivity index (χ2n) is 8.20. The third-order valence-corrected chi connectivity index (χ3v) is 5.66. The minimum absolute atomic E-state index is 0.158. The molecule has 1 aliphatic heterocycles. The molecule has 0 amide bonds. The van der Waals surface area contributed by atoms with Gasteiger partial charge in [-0.3, -0.25) is 14.6 Å². The van der Waals surface area contributed by atoms with E-state index in [-0.39, 0.29) is 12.0 Å². The molecule has 1 aromatic carbocycles. The van der Waals surface area contributed by atoms with Crippen molar-refractivity contribution in [2.45, 2.75) is 50.6 Å². The van der Waals surface area contributed by atoms with Crippen LogP contribution in [0.25, 0.3) is 0 Å². The van der Waals surface area contributed by atoms with E-state index in [4.69, 9.17) is 19.8 Å². The zero-order valence-electron chi connectivity index (χ0n) is 19.1. The molecule has 1 heterocycles. The van der Waals surface area contributed by atoms with Crippen LogP contribution in [-0.2, 0) is 20.9 Å². The fourth-order valence-electron chi connectivity index (χ4n) is 3.93. The topological polar surface area (TPSA) is 118 Å². The lowest BCUT2D eigenvalue weighted by molar-refractivity contribution is -0.193. The second kappa shape index (κ2) is 14.0. The van der Waals surface area contributed by atoms with Crippen molar-refractivity contribution in [2.24, 2.45) is 5.92 Å². The Morgan fingerprint density at radius 2 is 1.22 bits per heavy atom. The van der Waals surface area contributed by atoms with E-state index in [0.29, 0.717) is 0 Å². The Labute approximate surface area is 203 Å². The summed E-state index contributed by atoms with van der Waals surface area (Å²) in [5.41, 5.74) is 1.36. The Morgan fingerprint density at radius 3 is 1.64 bits per heavy atom. The van der Waals surface area contributed by atoms with Gasteiger partial charge in [0.2, 0.25) is 0 Å². The van der Waals surface area contributed by atoms with Crippen LogP contribution in [0.4, 0.5) is 26.3 Å². The van der Waals surface area contributed by atoms with Crippen molar-refractivity contribution in [3.05, 3.63) is 35.9 Å². The van der Waals surface area contributed by atoms with Gasteiger partial charge in [0.05, 0.1) is 5.92 Å². The highest BCUT2D eigenvalue weighted by atomic mass is 19.4. The molecule has 3 rings (SSSR count). The summed E-state index contributed by atoms with van der Waals surface area (Å²) in [7, 11) is 0. The van der Waals surface area contributed by atoms with E-state index >= 15 is 0 Å². The number of carbonyl (C=O) groups is 3. The van der Waals surface area contributed by atoms with E-state index in [2.05, 4.69) is 40.1 Å². The van der Waals surface area contributed by atoms with Gasteiger partial charge >= 0.3 is 30.3 Å². The molecule has 0 aromatic heterocycles. The average molecular weight is 530 g/mol. The lowest BCUT2D eigenvalue weighted by atomic mass is 9.83. The van der Waals surface area contributed by atoms with Gasteiger partial charge in [0.15, 0.2) is 0 Å². The highest BCUT2D eigenvalue weighted by molar-refractivity contribution is 5.73. The van der Waals surface area contributed by atoms with Gasteiger partial charge in [-0.05, 0) is 18.4 Å². The van der Waals surface area contributed by atoms with Crippen molar-refractivity contribution < 1.29 is 56.0 Å². The molecule has 1 aliphatic carbocycles. The first-order valence-corrected chi connectivity index (χ1v) is 11.0. The number of piperazine rings is 1. The summed E-state index contributed by atoms with van der Waals surface area (Å²) >= 11 is 0. The molecule has 0 bridgehead atoms. The Kier molecular flexibility index (Phi) is 12.1. The minimum atomic E-state index is -5.08. The van der Waals surface area contributed by atoms with Crippen LogP contribution in [0.3, 0.4) is 0 Å². The summed E-state index contributed by atoms with van der Waals surface area (Å²) in [5, 5.41) is 23.7. The third kappa shape index (κ3) is 11.2. The van der Waals surface area contributed by atoms with Gasteiger partial charge in [0, 0.05) is 38.8 Å². The number of benzene rings is 1. The summed E-state index contributed by atoms with van der Waals surface area (Å²) in [6.45, 7) is 5.08. The molecule has 1 saturated carbocycles. The first-order valence-electron chi connectivity index (χ1n) is 11.0. The molecular formula is C22H28F6N2O6. The lowest BCUT2D eigenvalue weighted by Crippen LogP contribution is -2.53. The Hall–Kier alpha value is -2.87. The van der Waals surface area contributed by atoms with Gasteiger partial charge in [-0.15, -0.1) is 0 Å². The van der Waals surface area contributed by atoms with Crippen molar-refractivity contribution in [3.63, 3.8) is 0 Å². The van der Waals surface area contributed by atoms with Crippen molar-refractivity contribution in [1.82, 2.24) is 9.80 Å². The quantitative estimate of drug-likeness (QED) is 0.505. The summed E-state index contributed by atoms with van der Waals surface area (Å²) < 4.78 is 63.5. The maximum Gasteiger partial charge on any atom is 0.490 e. The molecule has 2 fully saturated rings. The van der Waals surface area contributed by atoms with Gasteiger partial charge in [-0.25, -0.2) is 9.59 Å². The van der Waals surface area contributed by atoms with Crippen LogP contribution in [0.2, 0.25) is 0 Å². The van der Waals surface area contributed by atoms with Gasteiger partial charge in [0.1, 0.15) is 0 Å². The molecule has 2 atom stereocenters. The number of hydrogen-bond acceptors (Lipinski definition) is 5. The average Bonchev–Trinajstić information content (AvgIpc) is 2.80. The summed E-state index contributed by atoms with van der Waals surface area (Å²) in [4.78, 5) is 34.2. The first kappa shape index (κ1) is 31.2. The third-order valence-electron chi connectivity index (χ3n) is 5.66. The number of alkyl halides is 6. The summed E-state index contributed by atoms with van der Waals surface area (Å²) in [6, 6.07) is 10.8.